The minimum absolute atomic E-state index is 0. The quantitative estimate of drug-likeness (QED) is 0.225. The molecule has 0 aliphatic carbocycles. The van der Waals surface area contributed by atoms with Crippen LogP contribution in [-0.4, -0.2) is 77.9 Å². The van der Waals surface area contributed by atoms with Crippen LogP contribution in [0.1, 0.15) is 0 Å². The third-order valence-corrected chi connectivity index (χ3v) is 0. The van der Waals surface area contributed by atoms with Gasteiger partial charge in [0.2, 0.25) is 0 Å². The standard InChI is InChI=1S/Ag.Au.Bi.Pb.Sb.8H. The molecule has 0 aliphatic rings. The zero-order chi connectivity index (χ0) is 0. The van der Waals surface area contributed by atoms with Gasteiger partial charge in [0.05, 0.1) is 0 Å². The molecule has 0 amide bonds. The van der Waals surface area contributed by atoms with Crippen molar-refractivity contribution >= 4 is 77.9 Å². The molecule has 0 spiro atoms. The van der Waals surface area contributed by atoms with E-state index in [0.717, 1.165) is 0 Å². The van der Waals surface area contributed by atoms with Gasteiger partial charge in [-0.05, 0) is 0 Å². The fraction of sp³-hybridized carbons (Fsp3) is 0. The van der Waals surface area contributed by atoms with Crippen molar-refractivity contribution in [2.45, 2.75) is 0 Å². The van der Waals surface area contributed by atoms with Gasteiger partial charge in [0, 0.05) is 44.8 Å². The molecule has 5 heavy (non-hydrogen) atoms. The first-order valence-corrected chi connectivity index (χ1v) is 0. The van der Waals surface area contributed by atoms with Gasteiger partial charge < -0.3 is 0 Å². The summed E-state index contributed by atoms with van der Waals surface area (Å²) in [6, 6.07) is 0. The Balaban J connectivity index is 0. The second-order valence-corrected chi connectivity index (χ2v) is 0. The molecule has 0 aromatic heterocycles. The van der Waals surface area contributed by atoms with Crippen LogP contribution in [0.3, 0.4) is 0 Å². The van der Waals surface area contributed by atoms with E-state index in [-0.39, 0.29) is 123 Å². The van der Waals surface area contributed by atoms with Gasteiger partial charge in [0.15, 0.2) is 0 Å². The molecular weight excluding hydrogens is 843 g/mol. The van der Waals surface area contributed by atoms with Gasteiger partial charge in [-0.3, -0.25) is 0 Å². The van der Waals surface area contributed by atoms with Crippen molar-refractivity contribution in [2.75, 3.05) is 0 Å². The van der Waals surface area contributed by atoms with Crippen molar-refractivity contribution in [2.24, 2.45) is 0 Å². The molecular formula is H8AgAuBiPbSb. The molecule has 5 heteroatoms. The fourth-order valence-corrected chi connectivity index (χ4v) is 0. The first-order chi connectivity index (χ1) is 0. The van der Waals surface area contributed by atoms with Crippen molar-refractivity contribution in [1.82, 2.24) is 0 Å². The Morgan fingerprint density at radius 3 is 1.00 bits per heavy atom. The predicted molar refractivity (Wildman–Crippen MR) is 28.4 cm³/mol. The van der Waals surface area contributed by atoms with Crippen molar-refractivity contribution in [3.63, 3.8) is 0 Å². The van der Waals surface area contributed by atoms with E-state index in [2.05, 4.69) is 0 Å². The van der Waals surface area contributed by atoms with E-state index < -0.39 is 0 Å². The van der Waals surface area contributed by atoms with E-state index in [4.69, 9.17) is 0 Å². The van der Waals surface area contributed by atoms with Crippen LogP contribution in [0.4, 0.5) is 0 Å². The fourth-order valence-electron chi connectivity index (χ4n) is 0. The van der Waals surface area contributed by atoms with Crippen molar-refractivity contribution in [3.8, 4) is 0 Å². The van der Waals surface area contributed by atoms with Crippen LogP contribution >= 0.6 is 0 Å². The molecule has 0 aromatic carbocycles. The summed E-state index contributed by atoms with van der Waals surface area (Å²) in [7, 11) is 0. The Bertz CT molecular complexity index is 11.6. The molecule has 0 heterocycles. The van der Waals surface area contributed by atoms with Crippen LogP contribution in [0.2, 0.25) is 0 Å². The molecule has 0 rings (SSSR count). The molecule has 44 valence electrons. The summed E-state index contributed by atoms with van der Waals surface area (Å²) in [6.07, 6.45) is 0. The minimum atomic E-state index is 0. The molecule has 0 saturated heterocycles. The van der Waals surface area contributed by atoms with Crippen LogP contribution in [0.15, 0.2) is 0 Å². The molecule has 0 atom stereocenters. The molecule has 0 aromatic rings. The zero-order valence-electron chi connectivity index (χ0n) is 2.72. The van der Waals surface area contributed by atoms with Gasteiger partial charge in [-0.15, -0.1) is 0 Å². The molecule has 4 radical (unpaired) electrons. The Hall–Kier alpha value is 4.10. The molecule has 0 aliphatic heterocycles. The van der Waals surface area contributed by atoms with E-state index in [9.17, 15) is 0 Å². The van der Waals surface area contributed by atoms with Crippen molar-refractivity contribution in [1.29, 1.82) is 0 Å². The first-order valence-electron chi connectivity index (χ1n) is 0. The van der Waals surface area contributed by atoms with Crippen molar-refractivity contribution < 1.29 is 44.8 Å². The molecule has 0 unspecified atom stereocenters. The second kappa shape index (κ2) is 24.3. The molecule has 0 nitrogen and oxygen atoms in total. The van der Waals surface area contributed by atoms with E-state index in [0.29, 0.717) is 0 Å². The third-order valence-electron chi connectivity index (χ3n) is 0. The van der Waals surface area contributed by atoms with E-state index in [1.165, 1.54) is 0 Å². The van der Waals surface area contributed by atoms with Gasteiger partial charge >= 0.3 is 77.9 Å². The topological polar surface area (TPSA) is 0 Å². The summed E-state index contributed by atoms with van der Waals surface area (Å²) in [4.78, 5) is 0. The first kappa shape index (κ1) is 35.5. The van der Waals surface area contributed by atoms with E-state index in [1.54, 1.807) is 0 Å². The average molecular weight is 851 g/mol. The van der Waals surface area contributed by atoms with Gasteiger partial charge in [0.1, 0.15) is 0 Å². The Kier molecular flexibility index (Phi) is 172. The normalized spacial score (nSPS) is 0. The Morgan fingerprint density at radius 2 is 1.00 bits per heavy atom. The maximum absolute atomic E-state index is 0. The van der Waals surface area contributed by atoms with E-state index >= 15 is 0 Å². The van der Waals surface area contributed by atoms with Crippen LogP contribution in [-0.2, 0) is 44.8 Å². The average Bonchev–Trinajstić information content (AvgIpc) is 0. The summed E-state index contributed by atoms with van der Waals surface area (Å²) in [5, 5.41) is 0. The number of rotatable bonds is 0. The van der Waals surface area contributed by atoms with Crippen LogP contribution in [0.5, 0.6) is 0 Å². The zero-order valence-corrected chi connectivity index (χ0v) is 21.4. The van der Waals surface area contributed by atoms with Crippen LogP contribution in [0, 0.1) is 0 Å². The Labute approximate surface area is 120 Å². The maximum atomic E-state index is 0. The summed E-state index contributed by atoms with van der Waals surface area (Å²) in [5.74, 6) is 0. The summed E-state index contributed by atoms with van der Waals surface area (Å²) < 4.78 is 0. The molecule has 0 saturated carbocycles. The van der Waals surface area contributed by atoms with Gasteiger partial charge in [-0.1, -0.05) is 0 Å². The molecule has 0 N–H and O–H groups in total. The van der Waals surface area contributed by atoms with Crippen molar-refractivity contribution in [3.05, 3.63) is 0 Å². The van der Waals surface area contributed by atoms with Crippen LogP contribution in [0.25, 0.3) is 0 Å². The van der Waals surface area contributed by atoms with Gasteiger partial charge in [0.25, 0.3) is 0 Å². The van der Waals surface area contributed by atoms with Crippen LogP contribution < -0.4 is 0 Å². The SMILES string of the molecule is [Ag].[Au].[BiH3].[PbH2].[SbH3]. The molecule has 0 fully saturated rings. The van der Waals surface area contributed by atoms with Gasteiger partial charge in [-0.25, -0.2) is 0 Å². The summed E-state index contributed by atoms with van der Waals surface area (Å²) >= 11 is 0. The third kappa shape index (κ3) is 17.9. The summed E-state index contributed by atoms with van der Waals surface area (Å²) in [6.45, 7) is 0. The Morgan fingerprint density at radius 1 is 1.00 bits per heavy atom. The molecule has 0 bridgehead atoms. The second-order valence-electron chi connectivity index (χ2n) is 0. The predicted octanol–water partition coefficient (Wildman–Crippen LogP) is -3.29. The summed E-state index contributed by atoms with van der Waals surface area (Å²) in [5.41, 5.74) is 0. The van der Waals surface area contributed by atoms with Gasteiger partial charge in [-0.2, -0.15) is 0 Å². The number of hydrogen-bond acceptors (Lipinski definition) is 0. The number of hydrogen-bond donors (Lipinski definition) is 0. The monoisotopic (exact) mass is 850 g/mol. The van der Waals surface area contributed by atoms with E-state index in [1.807, 2.05) is 0 Å².